The number of aromatic nitrogens is 1. The summed E-state index contributed by atoms with van der Waals surface area (Å²) in [6.45, 7) is 6.65. The van der Waals surface area contributed by atoms with Crippen molar-refractivity contribution < 1.29 is 14.7 Å². The number of aliphatic carboxylic acids is 1. The molecule has 2 atom stereocenters. The summed E-state index contributed by atoms with van der Waals surface area (Å²) in [6, 6.07) is 0. The van der Waals surface area contributed by atoms with Gasteiger partial charge in [-0.15, -0.1) is 11.3 Å². The molecule has 1 aliphatic carbocycles. The third-order valence-electron chi connectivity index (χ3n) is 3.18. The molecule has 1 heterocycles. The molecule has 1 aliphatic rings. The first kappa shape index (κ1) is 14.0. The second kappa shape index (κ2) is 4.92. The Kier molecular flexibility index (Phi) is 3.62. The van der Waals surface area contributed by atoms with Gasteiger partial charge >= 0.3 is 5.97 Å². The molecule has 2 N–H and O–H groups in total. The van der Waals surface area contributed by atoms with Crippen molar-refractivity contribution in [1.82, 2.24) is 10.3 Å². The van der Waals surface area contributed by atoms with Crippen molar-refractivity contribution in [2.45, 2.75) is 39.2 Å². The van der Waals surface area contributed by atoms with Crippen molar-refractivity contribution in [2.75, 3.05) is 0 Å². The Morgan fingerprint density at radius 1 is 1.47 bits per heavy atom. The van der Waals surface area contributed by atoms with Gasteiger partial charge in [0, 0.05) is 10.8 Å². The molecule has 2 unspecified atom stereocenters. The minimum Gasteiger partial charge on any atom is -0.481 e. The van der Waals surface area contributed by atoms with Crippen molar-refractivity contribution in [2.24, 2.45) is 11.8 Å². The van der Waals surface area contributed by atoms with Gasteiger partial charge in [-0.2, -0.15) is 0 Å². The maximum atomic E-state index is 11.7. The second-order valence-corrected chi connectivity index (χ2v) is 6.82. The van der Waals surface area contributed by atoms with Gasteiger partial charge in [0.1, 0.15) is 5.01 Å². The molecule has 0 saturated heterocycles. The van der Waals surface area contributed by atoms with Gasteiger partial charge < -0.3 is 10.4 Å². The molecule has 0 aromatic carbocycles. The van der Waals surface area contributed by atoms with Crippen LogP contribution in [0.3, 0.4) is 0 Å². The van der Waals surface area contributed by atoms with Gasteiger partial charge in [-0.25, -0.2) is 4.98 Å². The highest BCUT2D eigenvalue weighted by atomic mass is 32.1. The van der Waals surface area contributed by atoms with Crippen LogP contribution in [0.5, 0.6) is 0 Å². The Hall–Kier alpha value is -1.43. The number of amides is 1. The molecule has 1 aromatic rings. The van der Waals surface area contributed by atoms with Crippen molar-refractivity contribution in [3.63, 3.8) is 0 Å². The number of rotatable bonds is 4. The lowest BCUT2D eigenvalue weighted by atomic mass is 9.93. The largest absolute Gasteiger partial charge is 0.481 e. The number of carboxylic acids is 1. The highest BCUT2D eigenvalue weighted by molar-refractivity contribution is 7.09. The molecule has 104 valence electrons. The van der Waals surface area contributed by atoms with Gasteiger partial charge in [0.25, 0.3) is 0 Å². The van der Waals surface area contributed by atoms with Crippen LogP contribution in [0, 0.1) is 11.8 Å². The summed E-state index contributed by atoms with van der Waals surface area (Å²) in [7, 11) is 0. The maximum absolute atomic E-state index is 11.7. The first-order chi connectivity index (χ1) is 8.79. The zero-order chi connectivity index (χ0) is 14.2. The second-order valence-electron chi connectivity index (χ2n) is 5.88. The van der Waals surface area contributed by atoms with E-state index in [1.165, 1.54) is 11.3 Å². The third kappa shape index (κ3) is 3.32. The standard InChI is InChI=1S/C13H18N2O3S/c1-13(2,3)9-6-19-10(15-9)5-14-11(16)7-4-8(7)12(17)18/h6-8H,4-5H2,1-3H3,(H,14,16)(H,17,18). The van der Waals surface area contributed by atoms with E-state index in [1.54, 1.807) is 0 Å². The number of nitrogens with one attached hydrogen (secondary N) is 1. The van der Waals surface area contributed by atoms with Crippen LogP contribution in [0.4, 0.5) is 0 Å². The third-order valence-corrected chi connectivity index (χ3v) is 4.03. The zero-order valence-corrected chi connectivity index (χ0v) is 12.1. The summed E-state index contributed by atoms with van der Waals surface area (Å²) in [4.78, 5) is 26.8. The monoisotopic (exact) mass is 282 g/mol. The molecule has 0 radical (unpaired) electrons. The lowest BCUT2D eigenvalue weighted by Gasteiger charge is -2.14. The minimum atomic E-state index is -0.885. The summed E-state index contributed by atoms with van der Waals surface area (Å²) in [5, 5.41) is 14.4. The van der Waals surface area contributed by atoms with Gasteiger partial charge in [-0.1, -0.05) is 20.8 Å². The highest BCUT2D eigenvalue weighted by Gasteiger charge is 2.48. The molecule has 1 saturated carbocycles. The first-order valence-electron chi connectivity index (χ1n) is 6.24. The molecule has 19 heavy (non-hydrogen) atoms. The number of thiazole rings is 1. The summed E-state index contributed by atoms with van der Waals surface area (Å²) in [5.41, 5.74) is 1.01. The average molecular weight is 282 g/mol. The van der Waals surface area contributed by atoms with Gasteiger partial charge in [0.2, 0.25) is 5.91 Å². The average Bonchev–Trinajstić information content (AvgIpc) is 2.96. The molecular formula is C13H18N2O3S. The van der Waals surface area contributed by atoms with Crippen LogP contribution in [-0.2, 0) is 21.5 Å². The predicted molar refractivity (Wildman–Crippen MR) is 71.9 cm³/mol. The van der Waals surface area contributed by atoms with E-state index in [-0.39, 0.29) is 17.2 Å². The fourth-order valence-electron chi connectivity index (χ4n) is 1.79. The van der Waals surface area contributed by atoms with Crippen molar-refractivity contribution >= 4 is 23.2 Å². The minimum absolute atomic E-state index is 0.00363. The number of carboxylic acid groups (broad SMARTS) is 1. The Morgan fingerprint density at radius 3 is 2.63 bits per heavy atom. The molecule has 0 spiro atoms. The topological polar surface area (TPSA) is 79.3 Å². The number of hydrogen-bond donors (Lipinski definition) is 2. The molecular weight excluding hydrogens is 264 g/mol. The molecule has 0 aliphatic heterocycles. The van der Waals surface area contributed by atoms with Crippen LogP contribution in [0.15, 0.2) is 5.38 Å². The van der Waals surface area contributed by atoms with E-state index in [0.29, 0.717) is 13.0 Å². The summed E-state index contributed by atoms with van der Waals surface area (Å²) in [5.74, 6) is -1.93. The predicted octanol–water partition coefficient (Wildman–Crippen LogP) is 1.78. The normalized spacial score (nSPS) is 22.1. The van der Waals surface area contributed by atoms with Gasteiger partial charge in [-0.05, 0) is 6.42 Å². The van der Waals surface area contributed by atoms with Crippen LogP contribution >= 0.6 is 11.3 Å². The van der Waals surface area contributed by atoms with Crippen LogP contribution in [0.2, 0.25) is 0 Å². The van der Waals surface area contributed by atoms with Crippen molar-refractivity contribution in [3.8, 4) is 0 Å². The molecule has 2 rings (SSSR count). The van der Waals surface area contributed by atoms with Crippen molar-refractivity contribution in [3.05, 3.63) is 16.1 Å². The van der Waals surface area contributed by atoms with E-state index in [2.05, 4.69) is 31.1 Å². The molecule has 1 fully saturated rings. The molecule has 1 aromatic heterocycles. The quantitative estimate of drug-likeness (QED) is 0.882. The van der Waals surface area contributed by atoms with E-state index >= 15 is 0 Å². The zero-order valence-electron chi connectivity index (χ0n) is 11.3. The first-order valence-corrected chi connectivity index (χ1v) is 7.12. The fourth-order valence-corrected chi connectivity index (χ4v) is 2.75. The number of nitrogens with zero attached hydrogens (tertiary/aromatic N) is 1. The van der Waals surface area contributed by atoms with Gasteiger partial charge in [-0.3, -0.25) is 9.59 Å². The van der Waals surface area contributed by atoms with E-state index in [4.69, 9.17) is 5.11 Å². The lowest BCUT2D eigenvalue weighted by Crippen LogP contribution is -2.26. The number of carbonyl (C=O) groups is 2. The number of carbonyl (C=O) groups excluding carboxylic acids is 1. The van der Waals surface area contributed by atoms with E-state index in [1.807, 2.05) is 5.38 Å². The van der Waals surface area contributed by atoms with Crippen LogP contribution in [0.25, 0.3) is 0 Å². The molecule has 5 nitrogen and oxygen atoms in total. The van der Waals surface area contributed by atoms with Crippen molar-refractivity contribution in [1.29, 1.82) is 0 Å². The van der Waals surface area contributed by atoms with Gasteiger partial charge in [0.15, 0.2) is 0 Å². The summed E-state index contributed by atoms with van der Waals surface area (Å²) < 4.78 is 0. The van der Waals surface area contributed by atoms with Crippen LogP contribution in [-0.4, -0.2) is 22.0 Å². The summed E-state index contributed by atoms with van der Waals surface area (Å²) in [6.07, 6.45) is 0.451. The Labute approximate surface area is 116 Å². The van der Waals surface area contributed by atoms with E-state index in [0.717, 1.165) is 10.7 Å². The highest BCUT2D eigenvalue weighted by Crippen LogP contribution is 2.38. The number of hydrogen-bond acceptors (Lipinski definition) is 4. The Morgan fingerprint density at radius 2 is 2.16 bits per heavy atom. The molecule has 1 amide bonds. The molecule has 0 bridgehead atoms. The lowest BCUT2D eigenvalue weighted by molar-refractivity contribution is -0.140. The SMILES string of the molecule is CC(C)(C)c1csc(CNC(=O)C2CC2C(=O)O)n1. The molecule has 6 heteroatoms. The fraction of sp³-hybridized carbons (Fsp3) is 0.615. The van der Waals surface area contributed by atoms with E-state index in [9.17, 15) is 9.59 Å². The van der Waals surface area contributed by atoms with Crippen LogP contribution in [0.1, 0.15) is 37.9 Å². The Balaban J connectivity index is 1.85. The van der Waals surface area contributed by atoms with Crippen LogP contribution < -0.4 is 5.32 Å². The maximum Gasteiger partial charge on any atom is 0.307 e. The summed E-state index contributed by atoms with van der Waals surface area (Å²) >= 11 is 1.52. The Bertz CT molecular complexity index is 504. The van der Waals surface area contributed by atoms with E-state index < -0.39 is 11.9 Å². The van der Waals surface area contributed by atoms with Gasteiger partial charge in [0.05, 0.1) is 24.1 Å². The smallest absolute Gasteiger partial charge is 0.307 e.